The maximum atomic E-state index is 12.4. The Labute approximate surface area is 136 Å². The monoisotopic (exact) mass is 331 g/mol. The number of nitrogens with one attached hydrogen (secondary N) is 1. The highest BCUT2D eigenvalue weighted by Gasteiger charge is 2.38. The zero-order valence-electron chi connectivity index (χ0n) is 13.0. The van der Waals surface area contributed by atoms with Crippen LogP contribution in [0.2, 0.25) is 0 Å². The lowest BCUT2D eigenvalue weighted by atomic mass is 9.98. The van der Waals surface area contributed by atoms with Crippen LogP contribution in [0.3, 0.4) is 0 Å². The topological polar surface area (TPSA) is 113 Å². The molecule has 0 aromatic carbocycles. The van der Waals surface area contributed by atoms with Crippen LogP contribution in [-0.2, 0) is 14.4 Å². The highest BCUT2D eigenvalue weighted by Crippen LogP contribution is 2.20. The number of carbonyl (C=O) groups is 3. The second-order valence-electron chi connectivity index (χ2n) is 5.68. The summed E-state index contributed by atoms with van der Waals surface area (Å²) < 4.78 is 0. The second-order valence-corrected chi connectivity index (χ2v) is 6.05. The zero-order valence-corrected chi connectivity index (χ0v) is 13.9. The van der Waals surface area contributed by atoms with Crippen LogP contribution in [0.25, 0.3) is 0 Å². The summed E-state index contributed by atoms with van der Waals surface area (Å²) in [6.45, 7) is 4.32. The molecule has 1 aliphatic rings. The molecular weight excluding hydrogens is 306 g/mol. The highest BCUT2D eigenvalue weighted by atomic mass is 32.1. The molecule has 1 rings (SSSR count). The lowest BCUT2D eigenvalue weighted by Crippen LogP contribution is -2.55. The van der Waals surface area contributed by atoms with Gasteiger partial charge >= 0.3 is 5.97 Å². The molecule has 1 saturated heterocycles. The number of carboxylic acids is 1. The molecule has 0 aromatic rings. The molecule has 4 unspecified atom stereocenters. The minimum absolute atomic E-state index is 0.00583. The summed E-state index contributed by atoms with van der Waals surface area (Å²) in [5.41, 5.74) is 5.96. The third-order valence-corrected chi connectivity index (χ3v) is 4.54. The Hall–Kier alpha value is -1.28. The van der Waals surface area contributed by atoms with Crippen molar-refractivity contribution in [1.29, 1.82) is 0 Å². The van der Waals surface area contributed by atoms with Crippen LogP contribution in [-0.4, -0.2) is 58.2 Å². The molecule has 1 aliphatic heterocycles. The standard InChI is InChI=1S/C14H25N3O4S/c1-3-8(2)11(15)13(19)17-6-4-5-10(17)12(18)16-9(7-22)14(20)21/h8-11,22H,3-7,15H2,1-2H3,(H,16,18)(H,20,21). The number of thiol groups is 1. The van der Waals surface area contributed by atoms with Crippen molar-refractivity contribution in [2.45, 2.75) is 51.2 Å². The summed E-state index contributed by atoms with van der Waals surface area (Å²) >= 11 is 3.91. The predicted octanol–water partition coefficient (Wildman–Crippen LogP) is -0.150. The van der Waals surface area contributed by atoms with Gasteiger partial charge in [-0.3, -0.25) is 9.59 Å². The molecule has 0 saturated carbocycles. The van der Waals surface area contributed by atoms with Gasteiger partial charge in [0.15, 0.2) is 0 Å². The second kappa shape index (κ2) is 8.38. The van der Waals surface area contributed by atoms with Gasteiger partial charge in [0.1, 0.15) is 12.1 Å². The summed E-state index contributed by atoms with van der Waals surface area (Å²) in [6, 6.07) is -2.35. The normalized spacial score (nSPS) is 22.0. The van der Waals surface area contributed by atoms with Gasteiger partial charge < -0.3 is 21.1 Å². The maximum absolute atomic E-state index is 12.4. The van der Waals surface area contributed by atoms with Crippen molar-refractivity contribution >= 4 is 30.4 Å². The van der Waals surface area contributed by atoms with Crippen LogP contribution >= 0.6 is 12.6 Å². The maximum Gasteiger partial charge on any atom is 0.327 e. The van der Waals surface area contributed by atoms with Gasteiger partial charge in [-0.25, -0.2) is 4.79 Å². The minimum atomic E-state index is -1.14. The molecule has 4 atom stereocenters. The van der Waals surface area contributed by atoms with Crippen molar-refractivity contribution in [2.24, 2.45) is 11.7 Å². The number of hydrogen-bond donors (Lipinski definition) is 4. The Bertz CT molecular complexity index is 432. The van der Waals surface area contributed by atoms with Crippen LogP contribution in [0.15, 0.2) is 0 Å². The van der Waals surface area contributed by atoms with E-state index in [0.717, 1.165) is 6.42 Å². The first-order chi connectivity index (χ1) is 10.3. The number of nitrogens with zero attached hydrogens (tertiary/aromatic N) is 1. The fraction of sp³-hybridized carbons (Fsp3) is 0.786. The van der Waals surface area contributed by atoms with Gasteiger partial charge in [0.25, 0.3) is 0 Å². The molecule has 126 valence electrons. The number of amides is 2. The molecule has 1 fully saturated rings. The van der Waals surface area contributed by atoms with Crippen LogP contribution in [0.4, 0.5) is 0 Å². The molecule has 0 spiro atoms. The summed E-state index contributed by atoms with van der Waals surface area (Å²) in [7, 11) is 0. The number of aliphatic carboxylic acids is 1. The van der Waals surface area contributed by atoms with E-state index in [-0.39, 0.29) is 17.6 Å². The first-order valence-electron chi connectivity index (χ1n) is 7.53. The van der Waals surface area contributed by atoms with E-state index in [9.17, 15) is 14.4 Å². The van der Waals surface area contributed by atoms with Crippen LogP contribution in [0.1, 0.15) is 33.1 Å². The minimum Gasteiger partial charge on any atom is -0.480 e. The van der Waals surface area contributed by atoms with E-state index in [1.165, 1.54) is 4.90 Å². The Morgan fingerprint density at radius 2 is 2.09 bits per heavy atom. The fourth-order valence-corrected chi connectivity index (χ4v) is 2.69. The van der Waals surface area contributed by atoms with Gasteiger partial charge in [-0.15, -0.1) is 0 Å². The third kappa shape index (κ3) is 4.36. The van der Waals surface area contributed by atoms with E-state index in [2.05, 4.69) is 17.9 Å². The van der Waals surface area contributed by atoms with Crippen molar-refractivity contribution in [1.82, 2.24) is 10.2 Å². The van der Waals surface area contributed by atoms with E-state index in [0.29, 0.717) is 19.4 Å². The Balaban J connectivity index is 2.75. The average molecular weight is 331 g/mol. The number of likely N-dealkylation sites (tertiary alicyclic amines) is 1. The molecule has 0 bridgehead atoms. The predicted molar refractivity (Wildman–Crippen MR) is 85.6 cm³/mol. The molecule has 1 heterocycles. The Kier molecular flexibility index (Phi) is 7.15. The number of nitrogens with two attached hydrogens (primary N) is 1. The van der Waals surface area contributed by atoms with Gasteiger partial charge in [-0.1, -0.05) is 20.3 Å². The van der Waals surface area contributed by atoms with E-state index in [1.807, 2.05) is 13.8 Å². The largest absolute Gasteiger partial charge is 0.480 e. The summed E-state index contributed by atoms with van der Waals surface area (Å²) in [6.07, 6.45) is 2.00. The molecular formula is C14H25N3O4S. The molecule has 2 amide bonds. The zero-order chi connectivity index (χ0) is 16.9. The van der Waals surface area contributed by atoms with Crippen LogP contribution in [0, 0.1) is 5.92 Å². The highest BCUT2D eigenvalue weighted by molar-refractivity contribution is 7.80. The van der Waals surface area contributed by atoms with Crippen molar-refractivity contribution < 1.29 is 19.5 Å². The molecule has 8 heteroatoms. The van der Waals surface area contributed by atoms with Crippen molar-refractivity contribution in [3.8, 4) is 0 Å². The lowest BCUT2D eigenvalue weighted by Gasteiger charge is -2.29. The Morgan fingerprint density at radius 3 is 2.59 bits per heavy atom. The molecule has 7 nitrogen and oxygen atoms in total. The Morgan fingerprint density at radius 1 is 1.45 bits per heavy atom. The molecule has 0 aliphatic carbocycles. The fourth-order valence-electron chi connectivity index (χ4n) is 2.45. The molecule has 0 aromatic heterocycles. The SMILES string of the molecule is CCC(C)C(N)C(=O)N1CCCC1C(=O)NC(CS)C(=O)O. The number of carbonyl (C=O) groups excluding carboxylic acids is 2. The molecule has 22 heavy (non-hydrogen) atoms. The van der Waals surface area contributed by atoms with Crippen LogP contribution in [0.5, 0.6) is 0 Å². The first kappa shape index (κ1) is 18.8. The number of rotatable bonds is 7. The van der Waals surface area contributed by atoms with E-state index in [1.54, 1.807) is 0 Å². The van der Waals surface area contributed by atoms with Crippen LogP contribution < -0.4 is 11.1 Å². The first-order valence-corrected chi connectivity index (χ1v) is 8.16. The van der Waals surface area contributed by atoms with Crippen molar-refractivity contribution in [2.75, 3.05) is 12.3 Å². The van der Waals surface area contributed by atoms with Crippen molar-refractivity contribution in [3.05, 3.63) is 0 Å². The van der Waals surface area contributed by atoms with E-state index >= 15 is 0 Å². The molecule has 0 radical (unpaired) electrons. The van der Waals surface area contributed by atoms with E-state index in [4.69, 9.17) is 10.8 Å². The quantitative estimate of drug-likeness (QED) is 0.485. The smallest absolute Gasteiger partial charge is 0.327 e. The molecule has 4 N–H and O–H groups in total. The number of hydrogen-bond acceptors (Lipinski definition) is 5. The average Bonchev–Trinajstić information content (AvgIpc) is 2.99. The van der Waals surface area contributed by atoms with E-state index < -0.39 is 30.0 Å². The summed E-state index contributed by atoms with van der Waals surface area (Å²) in [5, 5.41) is 11.4. The van der Waals surface area contributed by atoms with Gasteiger partial charge in [0.2, 0.25) is 11.8 Å². The van der Waals surface area contributed by atoms with Crippen molar-refractivity contribution in [3.63, 3.8) is 0 Å². The van der Waals surface area contributed by atoms with Gasteiger partial charge in [-0.05, 0) is 18.8 Å². The summed E-state index contributed by atoms with van der Waals surface area (Å²) in [5.74, 6) is -1.82. The van der Waals surface area contributed by atoms with Gasteiger partial charge in [0.05, 0.1) is 6.04 Å². The van der Waals surface area contributed by atoms with Gasteiger partial charge in [-0.2, -0.15) is 12.6 Å². The lowest BCUT2D eigenvalue weighted by molar-refractivity contribution is -0.143. The number of carboxylic acid groups (broad SMARTS) is 1. The van der Waals surface area contributed by atoms with Gasteiger partial charge in [0, 0.05) is 12.3 Å². The third-order valence-electron chi connectivity index (χ3n) is 4.18. The summed E-state index contributed by atoms with van der Waals surface area (Å²) in [4.78, 5) is 37.1.